The number of sulfone groups is 1. The summed E-state index contributed by atoms with van der Waals surface area (Å²) < 4.78 is 38.2. The zero-order valence-corrected chi connectivity index (χ0v) is 14.6. The van der Waals surface area contributed by atoms with Crippen LogP contribution in [0, 0.1) is 12.7 Å². The highest BCUT2D eigenvalue weighted by atomic mass is 32.2. The van der Waals surface area contributed by atoms with Crippen molar-refractivity contribution in [2.24, 2.45) is 0 Å². The number of nitrogens with one attached hydrogen (secondary N) is 1. The molecule has 1 amide bonds. The van der Waals surface area contributed by atoms with Crippen molar-refractivity contribution in [1.82, 2.24) is 5.32 Å². The van der Waals surface area contributed by atoms with Gasteiger partial charge in [0.1, 0.15) is 11.1 Å². The highest BCUT2D eigenvalue weighted by molar-refractivity contribution is 7.92. The molecule has 128 valence electrons. The molecule has 0 saturated carbocycles. The van der Waals surface area contributed by atoms with Gasteiger partial charge >= 0.3 is 0 Å². The molecule has 2 aromatic carbocycles. The number of rotatable bonds is 5. The molecule has 4 nitrogen and oxygen atoms in total. The van der Waals surface area contributed by atoms with Crippen LogP contribution in [-0.4, -0.2) is 19.6 Å². The van der Waals surface area contributed by atoms with Gasteiger partial charge in [0, 0.05) is 0 Å². The van der Waals surface area contributed by atoms with Gasteiger partial charge in [0.15, 0.2) is 9.84 Å². The molecule has 0 aromatic heterocycles. The second-order valence-electron chi connectivity index (χ2n) is 5.73. The van der Waals surface area contributed by atoms with Gasteiger partial charge in [-0.15, -0.1) is 0 Å². The van der Waals surface area contributed by atoms with Crippen LogP contribution in [0.3, 0.4) is 0 Å². The van der Waals surface area contributed by atoms with Crippen LogP contribution in [-0.2, 0) is 14.6 Å². The fourth-order valence-corrected chi connectivity index (χ4v) is 3.77. The average Bonchev–Trinajstić information content (AvgIpc) is 2.54. The second-order valence-corrected chi connectivity index (χ2v) is 8.00. The van der Waals surface area contributed by atoms with Crippen molar-refractivity contribution in [3.8, 4) is 0 Å². The highest BCUT2D eigenvalue weighted by Gasteiger charge is 2.31. The number of hydrogen-bond acceptors (Lipinski definition) is 3. The maximum atomic E-state index is 13.3. The summed E-state index contributed by atoms with van der Waals surface area (Å²) in [7, 11) is -3.95. The molecular weight excluding hydrogens is 329 g/mol. The van der Waals surface area contributed by atoms with Crippen molar-refractivity contribution in [3.05, 3.63) is 65.5 Å². The Labute approximate surface area is 141 Å². The van der Waals surface area contributed by atoms with E-state index < -0.39 is 26.8 Å². The summed E-state index contributed by atoms with van der Waals surface area (Å²) in [5.74, 6) is -1.27. The molecule has 0 radical (unpaired) electrons. The van der Waals surface area contributed by atoms with E-state index in [1.165, 1.54) is 19.1 Å². The topological polar surface area (TPSA) is 63.2 Å². The SMILES string of the molecule is Cc1ccccc1[C@H](C)NC(=O)[C@@H](C)S(=O)(=O)c1cccc(F)c1. The molecule has 0 aliphatic carbocycles. The summed E-state index contributed by atoms with van der Waals surface area (Å²) >= 11 is 0. The Morgan fingerprint density at radius 1 is 1.08 bits per heavy atom. The van der Waals surface area contributed by atoms with Gasteiger partial charge < -0.3 is 5.32 Å². The number of amides is 1. The molecule has 2 aromatic rings. The van der Waals surface area contributed by atoms with E-state index in [2.05, 4.69) is 5.32 Å². The van der Waals surface area contributed by atoms with E-state index >= 15 is 0 Å². The molecule has 0 bridgehead atoms. The van der Waals surface area contributed by atoms with Crippen LogP contribution in [0.1, 0.15) is 31.0 Å². The van der Waals surface area contributed by atoms with Gasteiger partial charge in [-0.05, 0) is 50.1 Å². The van der Waals surface area contributed by atoms with Crippen LogP contribution in [0.4, 0.5) is 4.39 Å². The number of benzene rings is 2. The van der Waals surface area contributed by atoms with Crippen molar-refractivity contribution in [1.29, 1.82) is 0 Å². The minimum absolute atomic E-state index is 0.200. The Kier molecular flexibility index (Phi) is 5.39. The first kappa shape index (κ1) is 18.1. The molecule has 2 atom stereocenters. The van der Waals surface area contributed by atoms with Gasteiger partial charge in [0.05, 0.1) is 10.9 Å². The molecule has 0 saturated heterocycles. The Morgan fingerprint density at radius 2 is 1.75 bits per heavy atom. The number of hydrogen-bond donors (Lipinski definition) is 1. The van der Waals surface area contributed by atoms with Crippen LogP contribution in [0.25, 0.3) is 0 Å². The fourth-order valence-electron chi connectivity index (χ4n) is 2.47. The first-order valence-electron chi connectivity index (χ1n) is 7.59. The molecule has 0 fully saturated rings. The molecule has 0 spiro atoms. The van der Waals surface area contributed by atoms with Gasteiger partial charge in [-0.25, -0.2) is 12.8 Å². The van der Waals surface area contributed by atoms with E-state index in [-0.39, 0.29) is 10.9 Å². The van der Waals surface area contributed by atoms with Crippen LogP contribution < -0.4 is 5.32 Å². The van der Waals surface area contributed by atoms with Crippen LogP contribution in [0.15, 0.2) is 53.4 Å². The number of carbonyl (C=O) groups excluding carboxylic acids is 1. The summed E-state index contributed by atoms with van der Waals surface area (Å²) in [5, 5.41) is 1.40. The molecule has 1 N–H and O–H groups in total. The zero-order chi connectivity index (χ0) is 17.9. The van der Waals surface area contributed by atoms with E-state index in [0.717, 1.165) is 23.3 Å². The summed E-state index contributed by atoms with van der Waals surface area (Å²) in [4.78, 5) is 12.2. The van der Waals surface area contributed by atoms with Gasteiger partial charge in [0.2, 0.25) is 5.91 Å². The predicted molar refractivity (Wildman–Crippen MR) is 90.8 cm³/mol. The molecule has 0 aliphatic heterocycles. The minimum Gasteiger partial charge on any atom is -0.348 e. The Hall–Kier alpha value is -2.21. The van der Waals surface area contributed by atoms with Crippen LogP contribution in [0.2, 0.25) is 0 Å². The molecular formula is C18H20FNO3S. The Morgan fingerprint density at radius 3 is 2.38 bits per heavy atom. The van der Waals surface area contributed by atoms with Gasteiger partial charge in [-0.2, -0.15) is 0 Å². The van der Waals surface area contributed by atoms with E-state index in [9.17, 15) is 17.6 Å². The van der Waals surface area contributed by atoms with E-state index in [1.54, 1.807) is 6.92 Å². The van der Waals surface area contributed by atoms with Crippen LogP contribution in [0.5, 0.6) is 0 Å². The van der Waals surface area contributed by atoms with Gasteiger partial charge in [-0.3, -0.25) is 4.79 Å². The summed E-state index contributed by atoms with van der Waals surface area (Å²) in [6.45, 7) is 5.02. The second kappa shape index (κ2) is 7.13. The largest absolute Gasteiger partial charge is 0.348 e. The summed E-state index contributed by atoms with van der Waals surface area (Å²) in [6.07, 6.45) is 0. The maximum absolute atomic E-state index is 13.3. The first-order chi connectivity index (χ1) is 11.2. The maximum Gasteiger partial charge on any atom is 0.238 e. The third kappa shape index (κ3) is 3.82. The molecule has 6 heteroatoms. The van der Waals surface area contributed by atoms with E-state index in [1.807, 2.05) is 31.2 Å². The monoisotopic (exact) mass is 349 g/mol. The smallest absolute Gasteiger partial charge is 0.238 e. The first-order valence-corrected chi connectivity index (χ1v) is 9.13. The van der Waals surface area contributed by atoms with E-state index in [4.69, 9.17) is 0 Å². The van der Waals surface area contributed by atoms with Gasteiger partial charge in [0.25, 0.3) is 0 Å². The van der Waals surface area contributed by atoms with E-state index in [0.29, 0.717) is 0 Å². The molecule has 2 rings (SSSR count). The predicted octanol–water partition coefficient (Wildman–Crippen LogP) is 3.17. The van der Waals surface area contributed by atoms with Crippen molar-refractivity contribution in [2.75, 3.05) is 0 Å². The quantitative estimate of drug-likeness (QED) is 0.902. The van der Waals surface area contributed by atoms with Crippen LogP contribution >= 0.6 is 0 Å². The summed E-state index contributed by atoms with van der Waals surface area (Å²) in [6, 6.07) is 11.9. The Balaban J connectivity index is 2.19. The zero-order valence-electron chi connectivity index (χ0n) is 13.8. The van der Waals surface area contributed by atoms with Crippen molar-refractivity contribution < 1.29 is 17.6 Å². The molecule has 0 heterocycles. The van der Waals surface area contributed by atoms with Gasteiger partial charge in [-0.1, -0.05) is 30.3 Å². The number of aryl methyl sites for hydroxylation is 1. The number of carbonyl (C=O) groups is 1. The molecule has 0 unspecified atom stereocenters. The van der Waals surface area contributed by atoms with Crippen molar-refractivity contribution in [2.45, 2.75) is 37.0 Å². The van der Waals surface area contributed by atoms with Crippen molar-refractivity contribution in [3.63, 3.8) is 0 Å². The molecule has 24 heavy (non-hydrogen) atoms. The highest BCUT2D eigenvalue weighted by Crippen LogP contribution is 2.20. The molecule has 0 aliphatic rings. The lowest BCUT2D eigenvalue weighted by molar-refractivity contribution is -0.121. The average molecular weight is 349 g/mol. The fraction of sp³-hybridized carbons (Fsp3) is 0.278. The standard InChI is InChI=1S/C18H20FNO3S/c1-12-7-4-5-10-17(12)13(2)20-18(21)14(3)24(22,23)16-9-6-8-15(19)11-16/h4-11,13-14H,1-3H3,(H,20,21)/t13-,14+/m0/s1. The lowest BCUT2D eigenvalue weighted by Gasteiger charge is -2.19. The van der Waals surface area contributed by atoms with Crippen molar-refractivity contribution >= 4 is 15.7 Å². The Bertz CT molecular complexity index is 849. The third-order valence-electron chi connectivity index (χ3n) is 3.97. The number of halogens is 1. The minimum atomic E-state index is -3.95. The lowest BCUT2D eigenvalue weighted by Crippen LogP contribution is -2.39. The third-order valence-corrected chi connectivity index (χ3v) is 6.03. The normalized spacial score (nSPS) is 14.0. The lowest BCUT2D eigenvalue weighted by atomic mass is 10.0. The summed E-state index contributed by atoms with van der Waals surface area (Å²) in [5.41, 5.74) is 1.92.